The maximum Gasteiger partial charge on any atom is 0.103 e. The highest BCUT2D eigenvalue weighted by atomic mass is 35.5. The van der Waals surface area contributed by atoms with Gasteiger partial charge in [0.15, 0.2) is 0 Å². The Bertz CT molecular complexity index is 313. The van der Waals surface area contributed by atoms with Gasteiger partial charge in [0.25, 0.3) is 0 Å². The largest absolute Gasteiger partial charge is 0.299 e. The molecule has 78 valence electrons. The van der Waals surface area contributed by atoms with Crippen LogP contribution in [-0.4, -0.2) is 28.1 Å². The number of aromatic nitrogens is 3. The van der Waals surface area contributed by atoms with Gasteiger partial charge < -0.3 is 0 Å². The van der Waals surface area contributed by atoms with Gasteiger partial charge in [-0.05, 0) is 13.8 Å². The van der Waals surface area contributed by atoms with Crippen LogP contribution in [-0.2, 0) is 9.71 Å². The molecule has 0 spiro atoms. The second kappa shape index (κ2) is 3.49. The Morgan fingerprint density at radius 3 is 3.00 bits per heavy atom. The van der Waals surface area contributed by atoms with E-state index in [1.807, 2.05) is 20.0 Å². The maximum absolute atomic E-state index is 6.12. The Kier molecular flexibility index (Phi) is 2.47. The molecule has 1 aromatic heterocycles. The SMILES string of the molecule is CC(C)(Cl)c1cn([C@H]2CNOC2)nn1. The van der Waals surface area contributed by atoms with Gasteiger partial charge in [0.2, 0.25) is 0 Å². The lowest BCUT2D eigenvalue weighted by molar-refractivity contribution is 0.0968. The first-order valence-electron chi connectivity index (χ1n) is 4.53. The third kappa shape index (κ3) is 1.89. The van der Waals surface area contributed by atoms with Gasteiger partial charge in [-0.15, -0.1) is 16.7 Å². The van der Waals surface area contributed by atoms with Gasteiger partial charge in [-0.25, -0.2) is 10.2 Å². The third-order valence-corrected chi connectivity index (χ3v) is 2.38. The first-order chi connectivity index (χ1) is 6.57. The van der Waals surface area contributed by atoms with Gasteiger partial charge in [0.1, 0.15) is 5.69 Å². The van der Waals surface area contributed by atoms with Gasteiger partial charge in [0.05, 0.1) is 23.7 Å². The summed E-state index contributed by atoms with van der Waals surface area (Å²) in [4.78, 5) is 4.57. The summed E-state index contributed by atoms with van der Waals surface area (Å²) < 4.78 is 1.79. The van der Waals surface area contributed by atoms with E-state index in [2.05, 4.69) is 15.8 Å². The van der Waals surface area contributed by atoms with Crippen molar-refractivity contribution in [3.8, 4) is 0 Å². The van der Waals surface area contributed by atoms with Crippen LogP contribution in [0.15, 0.2) is 6.20 Å². The summed E-state index contributed by atoms with van der Waals surface area (Å²) >= 11 is 6.12. The molecule has 1 atom stereocenters. The minimum absolute atomic E-state index is 0.218. The quantitative estimate of drug-likeness (QED) is 0.744. The molecule has 0 saturated carbocycles. The number of halogens is 1. The topological polar surface area (TPSA) is 52.0 Å². The van der Waals surface area contributed by atoms with Crippen molar-refractivity contribution in [1.82, 2.24) is 20.5 Å². The molecule has 6 heteroatoms. The predicted octanol–water partition coefficient (Wildman–Crippen LogP) is 0.828. The van der Waals surface area contributed by atoms with Gasteiger partial charge in [-0.3, -0.25) is 4.84 Å². The van der Waals surface area contributed by atoms with Gasteiger partial charge in [-0.2, -0.15) is 0 Å². The molecule has 1 aliphatic heterocycles. The summed E-state index contributed by atoms with van der Waals surface area (Å²) in [5, 5.41) is 8.06. The van der Waals surface area contributed by atoms with E-state index in [-0.39, 0.29) is 6.04 Å². The summed E-state index contributed by atoms with van der Waals surface area (Å²) in [6.45, 7) is 5.16. The fraction of sp³-hybridized carbons (Fsp3) is 0.750. The number of hydrogen-bond donors (Lipinski definition) is 1. The lowest BCUT2D eigenvalue weighted by Gasteiger charge is -2.10. The lowest BCUT2D eigenvalue weighted by atomic mass is 10.1. The molecule has 0 aromatic carbocycles. The van der Waals surface area contributed by atoms with Crippen LogP contribution < -0.4 is 5.48 Å². The molecule has 1 aromatic rings. The Labute approximate surface area is 87.3 Å². The molecule has 0 aliphatic carbocycles. The molecule has 1 aliphatic rings. The van der Waals surface area contributed by atoms with Crippen LogP contribution in [0.25, 0.3) is 0 Å². The van der Waals surface area contributed by atoms with Crippen molar-refractivity contribution in [3.05, 3.63) is 11.9 Å². The van der Waals surface area contributed by atoms with Gasteiger partial charge >= 0.3 is 0 Å². The van der Waals surface area contributed by atoms with E-state index in [1.54, 1.807) is 4.68 Å². The maximum atomic E-state index is 6.12. The van der Waals surface area contributed by atoms with E-state index in [4.69, 9.17) is 16.4 Å². The van der Waals surface area contributed by atoms with Crippen molar-refractivity contribution in [2.75, 3.05) is 13.2 Å². The van der Waals surface area contributed by atoms with Crippen LogP contribution in [0, 0.1) is 0 Å². The molecule has 1 N–H and O–H groups in total. The lowest BCUT2D eigenvalue weighted by Crippen LogP contribution is -2.15. The fourth-order valence-electron chi connectivity index (χ4n) is 1.27. The molecule has 1 fully saturated rings. The molecular formula is C8H13ClN4O. The van der Waals surface area contributed by atoms with E-state index >= 15 is 0 Å². The average Bonchev–Trinajstić information content (AvgIpc) is 2.73. The van der Waals surface area contributed by atoms with Crippen LogP contribution in [0.1, 0.15) is 25.6 Å². The molecule has 14 heavy (non-hydrogen) atoms. The highest BCUT2D eigenvalue weighted by molar-refractivity contribution is 6.23. The molecule has 2 rings (SSSR count). The Morgan fingerprint density at radius 1 is 1.71 bits per heavy atom. The van der Waals surface area contributed by atoms with Crippen LogP contribution in [0.3, 0.4) is 0 Å². The standard InChI is InChI=1S/C8H13ClN4O/c1-8(2,9)7-4-13(12-11-7)6-3-10-14-5-6/h4,6,10H,3,5H2,1-2H3/t6-/m0/s1. The molecule has 0 amide bonds. The fourth-order valence-corrected chi connectivity index (χ4v) is 1.35. The Hall–Kier alpha value is -0.650. The zero-order valence-corrected chi connectivity index (χ0v) is 8.95. The average molecular weight is 217 g/mol. The van der Waals surface area contributed by atoms with Gasteiger partial charge in [-0.1, -0.05) is 5.21 Å². The van der Waals surface area contributed by atoms with Crippen molar-refractivity contribution >= 4 is 11.6 Å². The molecule has 0 bridgehead atoms. The summed E-state index contributed by atoms with van der Waals surface area (Å²) in [6.07, 6.45) is 1.87. The minimum Gasteiger partial charge on any atom is -0.299 e. The highest BCUT2D eigenvalue weighted by Gasteiger charge is 2.24. The normalized spacial score (nSPS) is 22.9. The first kappa shape index (κ1) is 9.89. The minimum atomic E-state index is -0.467. The van der Waals surface area contributed by atoms with Crippen molar-refractivity contribution in [2.24, 2.45) is 0 Å². The number of nitrogens with one attached hydrogen (secondary N) is 1. The van der Waals surface area contributed by atoms with E-state index in [9.17, 15) is 0 Å². The predicted molar refractivity (Wildman–Crippen MR) is 51.9 cm³/mol. The number of alkyl halides is 1. The smallest absolute Gasteiger partial charge is 0.103 e. The second-order valence-electron chi connectivity index (χ2n) is 3.87. The number of nitrogens with zero attached hydrogens (tertiary/aromatic N) is 3. The zero-order chi connectivity index (χ0) is 10.2. The third-order valence-electron chi connectivity index (χ3n) is 2.19. The van der Waals surface area contributed by atoms with E-state index < -0.39 is 4.87 Å². The Balaban J connectivity index is 2.17. The van der Waals surface area contributed by atoms with Crippen molar-refractivity contribution in [2.45, 2.75) is 24.8 Å². The van der Waals surface area contributed by atoms with Crippen molar-refractivity contribution < 1.29 is 4.84 Å². The second-order valence-corrected chi connectivity index (χ2v) is 4.81. The number of rotatable bonds is 2. The molecule has 2 heterocycles. The summed E-state index contributed by atoms with van der Waals surface area (Å²) in [7, 11) is 0. The van der Waals surface area contributed by atoms with Crippen molar-refractivity contribution in [1.29, 1.82) is 0 Å². The Morgan fingerprint density at radius 2 is 2.50 bits per heavy atom. The van der Waals surface area contributed by atoms with Crippen LogP contribution in [0.2, 0.25) is 0 Å². The van der Waals surface area contributed by atoms with E-state index in [1.165, 1.54) is 0 Å². The van der Waals surface area contributed by atoms with E-state index in [0.29, 0.717) is 6.61 Å². The van der Waals surface area contributed by atoms with Crippen molar-refractivity contribution in [3.63, 3.8) is 0 Å². The molecule has 0 unspecified atom stereocenters. The monoisotopic (exact) mass is 216 g/mol. The number of hydrogen-bond acceptors (Lipinski definition) is 4. The summed E-state index contributed by atoms with van der Waals surface area (Å²) in [6, 6.07) is 0.218. The molecule has 0 radical (unpaired) electrons. The van der Waals surface area contributed by atoms with Gasteiger partial charge in [0, 0.05) is 6.54 Å². The molecular weight excluding hydrogens is 204 g/mol. The number of hydroxylamine groups is 1. The van der Waals surface area contributed by atoms with Crippen LogP contribution >= 0.6 is 11.6 Å². The van der Waals surface area contributed by atoms with E-state index in [0.717, 1.165) is 12.2 Å². The zero-order valence-electron chi connectivity index (χ0n) is 8.20. The van der Waals surface area contributed by atoms with Crippen LogP contribution in [0.4, 0.5) is 0 Å². The molecule has 1 saturated heterocycles. The summed E-state index contributed by atoms with van der Waals surface area (Å²) in [5.41, 5.74) is 3.58. The molecule has 5 nitrogen and oxygen atoms in total. The first-order valence-corrected chi connectivity index (χ1v) is 4.91. The highest BCUT2D eigenvalue weighted by Crippen LogP contribution is 2.25. The summed E-state index contributed by atoms with van der Waals surface area (Å²) in [5.74, 6) is 0. The van der Waals surface area contributed by atoms with Crippen LogP contribution in [0.5, 0.6) is 0 Å².